The Labute approximate surface area is 165 Å². The van der Waals surface area contributed by atoms with E-state index in [1.54, 1.807) is 41.3 Å². The molecule has 0 bridgehead atoms. The smallest absolute Gasteiger partial charge is 0.266 e. The van der Waals surface area contributed by atoms with E-state index in [1.807, 2.05) is 6.92 Å². The Bertz CT molecular complexity index is 884. The Morgan fingerprint density at radius 3 is 2.65 bits per heavy atom. The number of benzene rings is 2. The van der Waals surface area contributed by atoms with Gasteiger partial charge in [-0.2, -0.15) is 0 Å². The SMILES string of the molecule is CCN1C(=O)C(=Cc2cc(Cl)ccc2OCc2ccc(F)cc2)SC1=S. The van der Waals surface area contributed by atoms with Gasteiger partial charge in [0.25, 0.3) is 5.91 Å². The largest absolute Gasteiger partial charge is 0.488 e. The summed E-state index contributed by atoms with van der Waals surface area (Å²) in [6, 6.07) is 11.3. The van der Waals surface area contributed by atoms with Gasteiger partial charge in [-0.3, -0.25) is 9.69 Å². The Hall–Kier alpha value is -1.89. The van der Waals surface area contributed by atoms with Crippen LogP contribution in [0, 0.1) is 5.82 Å². The zero-order valence-electron chi connectivity index (χ0n) is 13.9. The standard InChI is InChI=1S/C19H15ClFNO2S2/c1-2-22-18(23)17(26-19(22)25)10-13-9-14(20)5-8-16(13)24-11-12-3-6-15(21)7-4-12/h3-10H,2,11H2,1H3. The lowest BCUT2D eigenvalue weighted by Gasteiger charge is -2.11. The van der Waals surface area contributed by atoms with Gasteiger partial charge in [0.15, 0.2) is 0 Å². The summed E-state index contributed by atoms with van der Waals surface area (Å²) >= 11 is 12.6. The molecule has 1 heterocycles. The zero-order chi connectivity index (χ0) is 18.7. The van der Waals surface area contributed by atoms with Gasteiger partial charge in [-0.05, 0) is 48.9 Å². The number of thioether (sulfide) groups is 1. The molecule has 0 N–H and O–H groups in total. The van der Waals surface area contributed by atoms with Gasteiger partial charge >= 0.3 is 0 Å². The number of hydrogen-bond donors (Lipinski definition) is 0. The molecule has 0 unspecified atom stereocenters. The Morgan fingerprint density at radius 1 is 1.27 bits per heavy atom. The lowest BCUT2D eigenvalue weighted by molar-refractivity contribution is -0.121. The number of halogens is 2. The molecular formula is C19H15ClFNO2S2. The van der Waals surface area contributed by atoms with E-state index in [0.29, 0.717) is 32.1 Å². The number of thiocarbonyl (C=S) groups is 1. The molecule has 0 atom stereocenters. The van der Waals surface area contributed by atoms with Gasteiger partial charge in [0.05, 0.1) is 4.91 Å². The highest BCUT2D eigenvalue weighted by atomic mass is 35.5. The maximum absolute atomic E-state index is 13.0. The summed E-state index contributed by atoms with van der Waals surface area (Å²) in [7, 11) is 0. The summed E-state index contributed by atoms with van der Waals surface area (Å²) in [6.45, 7) is 2.69. The molecule has 0 saturated carbocycles. The quantitative estimate of drug-likeness (QED) is 0.498. The fraction of sp³-hybridized carbons (Fsp3) is 0.158. The predicted molar refractivity (Wildman–Crippen MR) is 108 cm³/mol. The van der Waals surface area contributed by atoms with Gasteiger partial charge in [0, 0.05) is 17.1 Å². The van der Waals surface area contributed by atoms with E-state index in [4.69, 9.17) is 28.6 Å². The minimum atomic E-state index is -0.293. The predicted octanol–water partition coefficient (Wildman–Crippen LogP) is 5.28. The number of nitrogens with zero attached hydrogens (tertiary/aromatic N) is 1. The fourth-order valence-electron chi connectivity index (χ4n) is 2.42. The molecule has 0 radical (unpaired) electrons. The van der Waals surface area contributed by atoms with Crippen molar-refractivity contribution in [2.24, 2.45) is 0 Å². The van der Waals surface area contributed by atoms with E-state index < -0.39 is 0 Å². The number of ether oxygens (including phenoxy) is 1. The van der Waals surface area contributed by atoms with Crippen LogP contribution in [0.25, 0.3) is 6.08 Å². The van der Waals surface area contributed by atoms with Gasteiger partial charge in [0.1, 0.15) is 22.5 Å². The maximum Gasteiger partial charge on any atom is 0.266 e. The normalized spacial score (nSPS) is 15.8. The molecule has 26 heavy (non-hydrogen) atoms. The third-order valence-corrected chi connectivity index (χ3v) is 5.37. The molecule has 1 aliphatic rings. The highest BCUT2D eigenvalue weighted by Gasteiger charge is 2.30. The van der Waals surface area contributed by atoms with E-state index in [9.17, 15) is 9.18 Å². The molecule has 1 fully saturated rings. The number of carbonyl (C=O) groups excluding carboxylic acids is 1. The second-order valence-corrected chi connectivity index (χ2v) is 7.64. The highest BCUT2D eigenvalue weighted by Crippen LogP contribution is 2.35. The third-order valence-electron chi connectivity index (χ3n) is 3.76. The number of rotatable bonds is 5. The third kappa shape index (κ3) is 4.26. The van der Waals surface area contributed by atoms with Crippen LogP contribution in [0.3, 0.4) is 0 Å². The van der Waals surface area contributed by atoms with Crippen LogP contribution in [0.5, 0.6) is 5.75 Å². The van der Waals surface area contributed by atoms with Crippen LogP contribution in [0.15, 0.2) is 47.4 Å². The van der Waals surface area contributed by atoms with Crippen molar-refractivity contribution >= 4 is 51.9 Å². The summed E-state index contributed by atoms with van der Waals surface area (Å²) in [6.07, 6.45) is 1.74. The Balaban J connectivity index is 1.84. The van der Waals surface area contributed by atoms with E-state index in [-0.39, 0.29) is 18.3 Å². The minimum absolute atomic E-state index is 0.119. The molecule has 3 rings (SSSR count). The summed E-state index contributed by atoms with van der Waals surface area (Å²) in [5.41, 5.74) is 1.53. The second kappa shape index (κ2) is 8.20. The van der Waals surface area contributed by atoms with Crippen molar-refractivity contribution in [1.82, 2.24) is 4.90 Å². The first-order valence-corrected chi connectivity index (χ1v) is 9.50. The molecule has 2 aromatic carbocycles. The molecular weight excluding hydrogens is 393 g/mol. The minimum Gasteiger partial charge on any atom is -0.488 e. The van der Waals surface area contributed by atoms with E-state index in [1.165, 1.54) is 23.9 Å². The summed E-state index contributed by atoms with van der Waals surface area (Å²) < 4.78 is 19.4. The Morgan fingerprint density at radius 2 is 2.00 bits per heavy atom. The van der Waals surface area contributed by atoms with Crippen LogP contribution in [-0.2, 0) is 11.4 Å². The first-order chi connectivity index (χ1) is 12.5. The van der Waals surface area contributed by atoms with Crippen molar-refractivity contribution in [3.63, 3.8) is 0 Å². The van der Waals surface area contributed by atoms with Gasteiger partial charge in [-0.15, -0.1) is 0 Å². The van der Waals surface area contributed by atoms with E-state index >= 15 is 0 Å². The lowest BCUT2D eigenvalue weighted by atomic mass is 10.1. The van der Waals surface area contributed by atoms with Crippen LogP contribution in [0.2, 0.25) is 5.02 Å². The van der Waals surface area contributed by atoms with Crippen LogP contribution in [-0.4, -0.2) is 21.7 Å². The molecule has 2 aromatic rings. The van der Waals surface area contributed by atoms with Crippen molar-refractivity contribution in [2.45, 2.75) is 13.5 Å². The topological polar surface area (TPSA) is 29.5 Å². The number of likely N-dealkylation sites (N-methyl/N-ethyl adjacent to an activating group) is 1. The van der Waals surface area contributed by atoms with Gasteiger partial charge in [-0.25, -0.2) is 4.39 Å². The number of amides is 1. The summed E-state index contributed by atoms with van der Waals surface area (Å²) in [5.74, 6) is 0.173. The van der Waals surface area contributed by atoms with E-state index in [0.717, 1.165) is 5.56 Å². The molecule has 7 heteroatoms. The fourth-order valence-corrected chi connectivity index (χ4v) is 3.97. The lowest BCUT2D eigenvalue weighted by Crippen LogP contribution is -2.27. The molecule has 1 aliphatic heterocycles. The molecule has 3 nitrogen and oxygen atoms in total. The van der Waals surface area contributed by atoms with Crippen molar-refractivity contribution in [3.05, 3.63) is 69.3 Å². The maximum atomic E-state index is 13.0. The van der Waals surface area contributed by atoms with Crippen LogP contribution in [0.1, 0.15) is 18.1 Å². The van der Waals surface area contributed by atoms with Crippen LogP contribution < -0.4 is 4.74 Å². The monoisotopic (exact) mass is 407 g/mol. The van der Waals surface area contributed by atoms with Gasteiger partial charge in [-0.1, -0.05) is 47.7 Å². The van der Waals surface area contributed by atoms with Crippen LogP contribution >= 0.6 is 35.6 Å². The first-order valence-electron chi connectivity index (χ1n) is 7.90. The average molecular weight is 408 g/mol. The van der Waals surface area contributed by atoms with Crippen molar-refractivity contribution in [2.75, 3.05) is 6.54 Å². The summed E-state index contributed by atoms with van der Waals surface area (Å²) in [5, 5.41) is 0.538. The molecule has 1 amide bonds. The van der Waals surface area contributed by atoms with Gasteiger partial charge < -0.3 is 4.74 Å². The molecule has 1 saturated heterocycles. The molecule has 0 aliphatic carbocycles. The second-order valence-electron chi connectivity index (χ2n) is 5.52. The van der Waals surface area contributed by atoms with Crippen molar-refractivity contribution < 1.29 is 13.9 Å². The number of carbonyl (C=O) groups is 1. The summed E-state index contributed by atoms with van der Waals surface area (Å²) in [4.78, 5) is 14.5. The van der Waals surface area contributed by atoms with Crippen molar-refractivity contribution in [3.8, 4) is 5.75 Å². The number of hydrogen-bond acceptors (Lipinski definition) is 4. The average Bonchev–Trinajstić information content (AvgIpc) is 2.88. The molecule has 134 valence electrons. The molecule has 0 spiro atoms. The van der Waals surface area contributed by atoms with Crippen LogP contribution in [0.4, 0.5) is 4.39 Å². The zero-order valence-corrected chi connectivity index (χ0v) is 16.3. The Kier molecular flexibility index (Phi) is 5.96. The highest BCUT2D eigenvalue weighted by molar-refractivity contribution is 8.26. The van der Waals surface area contributed by atoms with E-state index in [2.05, 4.69) is 0 Å². The van der Waals surface area contributed by atoms with Crippen molar-refractivity contribution in [1.29, 1.82) is 0 Å². The molecule has 0 aromatic heterocycles. The first kappa shape index (κ1) is 18.9. The van der Waals surface area contributed by atoms with Gasteiger partial charge in [0.2, 0.25) is 0 Å².